The van der Waals surface area contributed by atoms with Gasteiger partial charge in [-0.15, -0.1) is 0 Å². The molecule has 4 rings (SSSR count). The first-order valence-corrected chi connectivity index (χ1v) is 8.06. The molecule has 0 saturated carbocycles. The number of furan rings is 1. The van der Waals surface area contributed by atoms with Crippen LogP contribution in [0.3, 0.4) is 0 Å². The van der Waals surface area contributed by atoms with E-state index >= 15 is 0 Å². The number of aliphatic imine (C=N–C) groups is 2. The molecule has 0 fully saturated rings. The van der Waals surface area contributed by atoms with Crippen LogP contribution in [-0.2, 0) is 6.42 Å². The second-order valence-electron chi connectivity index (χ2n) is 5.86. The predicted molar refractivity (Wildman–Crippen MR) is 93.5 cm³/mol. The van der Waals surface area contributed by atoms with Gasteiger partial charge in [0.15, 0.2) is 0 Å². The van der Waals surface area contributed by atoms with Crippen LogP contribution in [0, 0.1) is 6.92 Å². The molecule has 24 heavy (non-hydrogen) atoms. The fourth-order valence-corrected chi connectivity index (χ4v) is 3.08. The smallest absolute Gasteiger partial charge is 0.260 e. The molecule has 0 radical (unpaired) electrons. The van der Waals surface area contributed by atoms with Crippen molar-refractivity contribution in [1.29, 1.82) is 0 Å². The molecule has 1 aromatic carbocycles. The van der Waals surface area contributed by atoms with Crippen LogP contribution in [0.4, 0.5) is 11.6 Å². The second kappa shape index (κ2) is 5.63. The number of hydrogen-bond acceptors (Lipinski definition) is 5. The molecule has 122 valence electrons. The summed E-state index contributed by atoms with van der Waals surface area (Å²) in [4.78, 5) is 23.6. The van der Waals surface area contributed by atoms with E-state index in [9.17, 15) is 4.79 Å². The lowest BCUT2D eigenvalue weighted by Gasteiger charge is -2.18. The summed E-state index contributed by atoms with van der Waals surface area (Å²) in [7, 11) is 0. The van der Waals surface area contributed by atoms with Gasteiger partial charge in [-0.05, 0) is 31.0 Å². The Balaban J connectivity index is 1.71. The van der Waals surface area contributed by atoms with Crippen molar-refractivity contribution in [1.82, 2.24) is 4.90 Å². The maximum Gasteiger partial charge on any atom is 0.260 e. The van der Waals surface area contributed by atoms with Gasteiger partial charge in [-0.25, -0.2) is 4.99 Å². The van der Waals surface area contributed by atoms with Gasteiger partial charge in [-0.1, -0.05) is 19.1 Å². The lowest BCUT2D eigenvalue weighted by molar-refractivity contribution is 0.102. The van der Waals surface area contributed by atoms with Gasteiger partial charge in [0.25, 0.3) is 5.91 Å². The van der Waals surface area contributed by atoms with E-state index in [1.54, 1.807) is 13.3 Å². The number of nitrogens with zero attached hydrogens (tertiary/aromatic N) is 3. The Morgan fingerprint density at radius 1 is 1.42 bits per heavy atom. The van der Waals surface area contributed by atoms with Crippen molar-refractivity contribution in [2.24, 2.45) is 9.98 Å². The summed E-state index contributed by atoms with van der Waals surface area (Å²) in [6, 6.07) is 7.85. The highest BCUT2D eigenvalue weighted by atomic mass is 16.4. The number of carbonyl (C=O) groups excluding carboxylic acids is 1. The van der Waals surface area contributed by atoms with Gasteiger partial charge >= 0.3 is 0 Å². The molecule has 6 nitrogen and oxygen atoms in total. The summed E-state index contributed by atoms with van der Waals surface area (Å²) in [5.74, 6) is 1.58. The molecule has 0 saturated heterocycles. The molecule has 0 spiro atoms. The van der Waals surface area contributed by atoms with Gasteiger partial charge in [0.1, 0.15) is 17.9 Å². The van der Waals surface area contributed by atoms with E-state index in [0.29, 0.717) is 29.3 Å². The monoisotopic (exact) mass is 322 g/mol. The van der Waals surface area contributed by atoms with Crippen molar-refractivity contribution >= 4 is 29.7 Å². The highest BCUT2D eigenvalue weighted by Crippen LogP contribution is 2.34. The van der Waals surface area contributed by atoms with Gasteiger partial charge in [0, 0.05) is 12.2 Å². The van der Waals surface area contributed by atoms with E-state index in [1.807, 2.05) is 29.2 Å². The summed E-state index contributed by atoms with van der Waals surface area (Å²) in [6.45, 7) is 5.35. The Labute approximate surface area is 139 Å². The molecule has 0 aliphatic carbocycles. The van der Waals surface area contributed by atoms with Crippen LogP contribution in [0.2, 0.25) is 0 Å². The number of rotatable bonds is 3. The number of nitrogens with one attached hydrogen (secondary N) is 1. The lowest BCUT2D eigenvalue weighted by atomic mass is 10.1. The van der Waals surface area contributed by atoms with Crippen molar-refractivity contribution in [3.05, 3.63) is 46.7 Å². The molecule has 0 unspecified atom stereocenters. The normalized spacial score (nSPS) is 15.1. The molecule has 3 heterocycles. The fraction of sp³-hybridized carbons (Fsp3) is 0.278. The fourth-order valence-electron chi connectivity index (χ4n) is 3.08. The molecule has 0 atom stereocenters. The van der Waals surface area contributed by atoms with Crippen molar-refractivity contribution in [2.75, 3.05) is 18.4 Å². The summed E-state index contributed by atoms with van der Waals surface area (Å²) in [5.41, 5.74) is 3.15. The van der Waals surface area contributed by atoms with Gasteiger partial charge in [0.05, 0.1) is 17.7 Å². The Bertz CT molecular complexity index is 879. The zero-order chi connectivity index (χ0) is 16.7. The van der Waals surface area contributed by atoms with Crippen LogP contribution in [0.15, 0.2) is 38.7 Å². The van der Waals surface area contributed by atoms with Crippen molar-refractivity contribution in [3.63, 3.8) is 0 Å². The number of amides is 1. The molecule has 2 aliphatic rings. The van der Waals surface area contributed by atoms with Crippen LogP contribution in [0.1, 0.15) is 34.2 Å². The van der Waals surface area contributed by atoms with Gasteiger partial charge in [-0.2, -0.15) is 0 Å². The standard InChI is InChI=1S/C18H18N4O2/c1-3-12-5-4-6-13(9-12)21-17(23)14-11(2)24-18-15(14)16-19-7-8-22(16)10-20-18/h4-6,9-10H,3,7-8H2,1-2H3,(H,21,23). The van der Waals surface area contributed by atoms with Gasteiger partial charge < -0.3 is 14.6 Å². The third-order valence-corrected chi connectivity index (χ3v) is 4.30. The highest BCUT2D eigenvalue weighted by Gasteiger charge is 2.33. The van der Waals surface area contributed by atoms with E-state index in [1.165, 1.54) is 5.56 Å². The summed E-state index contributed by atoms with van der Waals surface area (Å²) >= 11 is 0. The van der Waals surface area contributed by atoms with Crippen LogP contribution in [-0.4, -0.2) is 36.1 Å². The van der Waals surface area contributed by atoms with Crippen LogP contribution in [0.25, 0.3) is 0 Å². The zero-order valence-corrected chi connectivity index (χ0v) is 13.7. The molecule has 0 bridgehead atoms. The Kier molecular flexibility index (Phi) is 3.45. The molecule has 1 N–H and O–H groups in total. The van der Waals surface area contributed by atoms with Gasteiger partial charge in [-0.3, -0.25) is 9.79 Å². The average molecular weight is 322 g/mol. The number of aryl methyl sites for hydroxylation is 2. The van der Waals surface area contributed by atoms with E-state index in [4.69, 9.17) is 4.42 Å². The quantitative estimate of drug-likeness (QED) is 0.943. The second-order valence-corrected chi connectivity index (χ2v) is 5.86. The minimum absolute atomic E-state index is 0.197. The maximum absolute atomic E-state index is 12.9. The largest absolute Gasteiger partial charge is 0.442 e. The van der Waals surface area contributed by atoms with Crippen molar-refractivity contribution < 1.29 is 9.21 Å². The van der Waals surface area contributed by atoms with Crippen molar-refractivity contribution in [2.45, 2.75) is 20.3 Å². The van der Waals surface area contributed by atoms with E-state index in [0.717, 1.165) is 24.5 Å². The summed E-state index contributed by atoms with van der Waals surface area (Å²) < 4.78 is 5.68. The third kappa shape index (κ3) is 2.31. The maximum atomic E-state index is 12.9. The number of carbonyl (C=O) groups is 1. The zero-order valence-electron chi connectivity index (χ0n) is 13.7. The van der Waals surface area contributed by atoms with E-state index < -0.39 is 0 Å². The summed E-state index contributed by atoms with van der Waals surface area (Å²) in [5, 5.41) is 2.97. The molecular formula is C18H18N4O2. The molecule has 2 aliphatic heterocycles. The first kappa shape index (κ1) is 14.7. The van der Waals surface area contributed by atoms with Crippen LogP contribution in [0.5, 0.6) is 0 Å². The number of hydrogen-bond donors (Lipinski definition) is 1. The number of amidine groups is 1. The molecule has 1 amide bonds. The summed E-state index contributed by atoms with van der Waals surface area (Å²) in [6.07, 6.45) is 2.63. The van der Waals surface area contributed by atoms with Crippen LogP contribution >= 0.6 is 0 Å². The molecule has 6 heteroatoms. The van der Waals surface area contributed by atoms with Crippen molar-refractivity contribution in [3.8, 4) is 0 Å². The first-order chi connectivity index (χ1) is 11.7. The Morgan fingerprint density at radius 3 is 3.12 bits per heavy atom. The minimum atomic E-state index is -0.197. The van der Waals surface area contributed by atoms with Gasteiger partial charge in [0.2, 0.25) is 5.88 Å². The Hall–Kier alpha value is -2.89. The first-order valence-electron chi connectivity index (χ1n) is 8.06. The molecule has 2 aromatic rings. The SMILES string of the molecule is CCc1cccc(NC(=O)c2c(C)oc3c2C2=NCCN2C=N3)c1. The number of benzene rings is 1. The van der Waals surface area contributed by atoms with E-state index in [2.05, 4.69) is 22.2 Å². The highest BCUT2D eigenvalue weighted by molar-refractivity contribution is 6.19. The Morgan fingerprint density at radius 2 is 2.29 bits per heavy atom. The average Bonchev–Trinajstić information content (AvgIpc) is 3.17. The number of anilines is 1. The predicted octanol–water partition coefficient (Wildman–Crippen LogP) is 3.14. The van der Waals surface area contributed by atoms with Crippen LogP contribution < -0.4 is 5.32 Å². The molecule has 1 aromatic heterocycles. The minimum Gasteiger partial charge on any atom is -0.442 e. The topological polar surface area (TPSA) is 70.2 Å². The number of fused-ring (bicyclic) bond motifs is 3. The third-order valence-electron chi connectivity index (χ3n) is 4.30. The lowest BCUT2D eigenvalue weighted by Crippen LogP contribution is -2.30. The molecular weight excluding hydrogens is 304 g/mol. The van der Waals surface area contributed by atoms with E-state index in [-0.39, 0.29) is 5.91 Å².